The Balaban J connectivity index is 1.86. The Hall–Kier alpha value is -2.87. The van der Waals surface area contributed by atoms with Gasteiger partial charge in [-0.3, -0.25) is 9.52 Å². The van der Waals surface area contributed by atoms with E-state index < -0.39 is 22.7 Å². The van der Waals surface area contributed by atoms with Crippen LogP contribution in [0.25, 0.3) is 11.0 Å². The van der Waals surface area contributed by atoms with E-state index in [0.717, 1.165) is 0 Å². The Morgan fingerprint density at radius 1 is 1.26 bits per heavy atom. The number of nitrogens with one attached hydrogen (secondary N) is 1. The van der Waals surface area contributed by atoms with Gasteiger partial charge >= 0.3 is 0 Å². The molecule has 0 aliphatic heterocycles. The molecule has 8 heteroatoms. The molecule has 1 atom stereocenters. The van der Waals surface area contributed by atoms with Gasteiger partial charge in [-0.25, -0.2) is 8.60 Å². The first-order valence-corrected chi connectivity index (χ1v) is 9.40. The third-order valence-electron chi connectivity index (χ3n) is 3.85. The number of nitrogens with zero attached hydrogens (tertiary/aromatic N) is 1. The van der Waals surface area contributed by atoms with Gasteiger partial charge in [-0.2, -0.15) is 0 Å². The van der Waals surface area contributed by atoms with Crippen molar-refractivity contribution in [3.63, 3.8) is 0 Å². The SMILES string of the molecule is CCOc1ccccc1S(=O)NC(=O)c1cc2c(F)cc(N(C)C)cc2o1. The van der Waals surface area contributed by atoms with Crippen LogP contribution < -0.4 is 14.4 Å². The number of furan rings is 1. The Kier molecular flexibility index (Phi) is 5.46. The van der Waals surface area contributed by atoms with Crippen molar-refractivity contribution in [2.45, 2.75) is 11.8 Å². The number of rotatable bonds is 6. The van der Waals surface area contributed by atoms with Crippen LogP contribution in [0.5, 0.6) is 5.75 Å². The number of fused-ring (bicyclic) bond motifs is 1. The molecule has 0 saturated heterocycles. The highest BCUT2D eigenvalue weighted by Gasteiger charge is 2.19. The number of anilines is 1. The van der Waals surface area contributed by atoms with E-state index in [1.807, 2.05) is 6.92 Å². The molecule has 1 amide bonds. The lowest BCUT2D eigenvalue weighted by Crippen LogP contribution is -2.25. The van der Waals surface area contributed by atoms with Gasteiger partial charge in [-0.05, 0) is 25.1 Å². The summed E-state index contributed by atoms with van der Waals surface area (Å²) >= 11 is 0. The summed E-state index contributed by atoms with van der Waals surface area (Å²) in [6.45, 7) is 2.21. The van der Waals surface area contributed by atoms with E-state index in [0.29, 0.717) is 22.9 Å². The second-order valence-electron chi connectivity index (χ2n) is 5.92. The highest BCUT2D eigenvalue weighted by molar-refractivity contribution is 7.83. The lowest BCUT2D eigenvalue weighted by Gasteiger charge is -2.11. The average Bonchev–Trinajstić information content (AvgIpc) is 3.07. The summed E-state index contributed by atoms with van der Waals surface area (Å²) in [5, 5.41) is 0.186. The Morgan fingerprint density at radius 2 is 2.00 bits per heavy atom. The summed E-state index contributed by atoms with van der Waals surface area (Å²) in [7, 11) is 1.70. The summed E-state index contributed by atoms with van der Waals surface area (Å²) in [6.07, 6.45) is 0. The second kappa shape index (κ2) is 7.79. The molecule has 0 bridgehead atoms. The Bertz CT molecular complexity index is 1020. The van der Waals surface area contributed by atoms with Gasteiger partial charge in [0.15, 0.2) is 16.7 Å². The highest BCUT2D eigenvalue weighted by atomic mass is 32.2. The number of ether oxygens (including phenoxy) is 1. The molecule has 0 fully saturated rings. The molecule has 1 unspecified atom stereocenters. The van der Waals surface area contributed by atoms with Crippen molar-refractivity contribution in [2.24, 2.45) is 0 Å². The first kappa shape index (κ1) is 18.9. The van der Waals surface area contributed by atoms with Crippen LogP contribution in [0.3, 0.4) is 0 Å². The quantitative estimate of drug-likeness (QED) is 0.698. The molecular formula is C19H19FN2O4S. The van der Waals surface area contributed by atoms with Crippen molar-refractivity contribution in [3.8, 4) is 5.75 Å². The highest BCUT2D eigenvalue weighted by Crippen LogP contribution is 2.28. The topological polar surface area (TPSA) is 71.8 Å². The molecule has 0 aliphatic carbocycles. The molecule has 3 rings (SSSR count). The summed E-state index contributed by atoms with van der Waals surface area (Å²) in [6, 6.07) is 11.0. The van der Waals surface area contributed by atoms with Gasteiger partial charge in [0.25, 0.3) is 5.91 Å². The fourth-order valence-electron chi connectivity index (χ4n) is 2.52. The maximum atomic E-state index is 14.3. The zero-order chi connectivity index (χ0) is 19.6. The van der Waals surface area contributed by atoms with Gasteiger partial charge in [0, 0.05) is 31.9 Å². The molecular weight excluding hydrogens is 371 g/mol. The van der Waals surface area contributed by atoms with E-state index in [1.54, 1.807) is 49.3 Å². The van der Waals surface area contributed by atoms with Gasteiger partial charge in [0.05, 0.1) is 12.0 Å². The fraction of sp³-hybridized carbons (Fsp3) is 0.211. The minimum Gasteiger partial charge on any atom is -0.493 e. The monoisotopic (exact) mass is 390 g/mol. The number of hydrogen-bond donors (Lipinski definition) is 1. The average molecular weight is 390 g/mol. The molecule has 0 saturated carbocycles. The molecule has 6 nitrogen and oxygen atoms in total. The molecule has 0 spiro atoms. The molecule has 1 aromatic heterocycles. The molecule has 1 heterocycles. The molecule has 142 valence electrons. The number of hydrogen-bond acceptors (Lipinski definition) is 5. The van der Waals surface area contributed by atoms with Crippen molar-refractivity contribution >= 4 is 33.5 Å². The van der Waals surface area contributed by atoms with Gasteiger partial charge in [0.2, 0.25) is 0 Å². The third kappa shape index (κ3) is 3.95. The first-order chi connectivity index (χ1) is 12.9. The van der Waals surface area contributed by atoms with Gasteiger partial charge in [0.1, 0.15) is 22.0 Å². The maximum absolute atomic E-state index is 14.3. The number of para-hydroxylation sites is 1. The minimum atomic E-state index is -1.85. The van der Waals surface area contributed by atoms with E-state index in [4.69, 9.17) is 9.15 Å². The molecule has 1 N–H and O–H groups in total. The number of halogens is 1. The number of amides is 1. The predicted molar refractivity (Wildman–Crippen MR) is 102 cm³/mol. The van der Waals surface area contributed by atoms with Crippen molar-refractivity contribution in [1.29, 1.82) is 0 Å². The predicted octanol–water partition coefficient (Wildman–Crippen LogP) is 3.49. The van der Waals surface area contributed by atoms with Gasteiger partial charge < -0.3 is 14.1 Å². The van der Waals surface area contributed by atoms with E-state index in [9.17, 15) is 13.4 Å². The first-order valence-electron chi connectivity index (χ1n) is 8.25. The van der Waals surface area contributed by atoms with E-state index in [-0.39, 0.29) is 16.7 Å². The number of carbonyl (C=O) groups is 1. The number of benzene rings is 2. The van der Waals surface area contributed by atoms with Crippen LogP contribution in [-0.2, 0) is 11.0 Å². The van der Waals surface area contributed by atoms with Crippen molar-refractivity contribution < 1.29 is 22.5 Å². The van der Waals surface area contributed by atoms with Crippen LogP contribution in [0.4, 0.5) is 10.1 Å². The lowest BCUT2D eigenvalue weighted by molar-refractivity contribution is 0.0958. The Morgan fingerprint density at radius 3 is 2.70 bits per heavy atom. The molecule has 3 aromatic rings. The lowest BCUT2D eigenvalue weighted by atomic mass is 10.2. The zero-order valence-electron chi connectivity index (χ0n) is 15.1. The summed E-state index contributed by atoms with van der Waals surface area (Å²) < 4.78 is 40.0. The Labute approximate surface area is 158 Å². The smallest absolute Gasteiger partial charge is 0.298 e. The van der Waals surface area contributed by atoms with Crippen LogP contribution in [-0.4, -0.2) is 30.8 Å². The normalized spacial score (nSPS) is 12.0. The van der Waals surface area contributed by atoms with Crippen LogP contribution in [0.2, 0.25) is 0 Å². The zero-order valence-corrected chi connectivity index (χ0v) is 15.9. The summed E-state index contributed by atoms with van der Waals surface area (Å²) in [5.74, 6) is -0.907. The van der Waals surface area contributed by atoms with E-state index in [1.165, 1.54) is 12.1 Å². The van der Waals surface area contributed by atoms with Crippen LogP contribution >= 0.6 is 0 Å². The van der Waals surface area contributed by atoms with Crippen molar-refractivity contribution in [1.82, 2.24) is 4.72 Å². The largest absolute Gasteiger partial charge is 0.493 e. The summed E-state index contributed by atoms with van der Waals surface area (Å²) in [5.41, 5.74) is 0.847. The van der Waals surface area contributed by atoms with Gasteiger partial charge in [-0.1, -0.05) is 12.1 Å². The van der Waals surface area contributed by atoms with Crippen LogP contribution in [0, 0.1) is 5.82 Å². The summed E-state index contributed by atoms with van der Waals surface area (Å²) in [4.78, 5) is 14.5. The maximum Gasteiger partial charge on any atom is 0.298 e. The second-order valence-corrected chi connectivity index (χ2v) is 7.11. The van der Waals surface area contributed by atoms with E-state index >= 15 is 0 Å². The molecule has 2 aromatic carbocycles. The number of carbonyl (C=O) groups excluding carboxylic acids is 1. The van der Waals surface area contributed by atoms with Crippen LogP contribution in [0.1, 0.15) is 17.5 Å². The molecule has 0 aliphatic rings. The molecule has 0 radical (unpaired) electrons. The van der Waals surface area contributed by atoms with Crippen LogP contribution in [0.15, 0.2) is 51.8 Å². The van der Waals surface area contributed by atoms with E-state index in [2.05, 4.69) is 4.72 Å². The fourth-order valence-corrected chi connectivity index (χ4v) is 3.41. The van der Waals surface area contributed by atoms with Crippen molar-refractivity contribution in [2.75, 3.05) is 25.6 Å². The standard InChI is InChI=1S/C19H19FN2O4S/c1-4-25-15-7-5-6-8-18(15)27(24)21-19(23)17-11-13-14(20)9-12(22(2)3)10-16(13)26-17/h5-11H,4H2,1-3H3,(H,21,23). The third-order valence-corrected chi connectivity index (χ3v) is 4.95. The minimum absolute atomic E-state index is 0.123. The van der Waals surface area contributed by atoms with Gasteiger partial charge in [-0.15, -0.1) is 0 Å². The molecule has 27 heavy (non-hydrogen) atoms. The van der Waals surface area contributed by atoms with Crippen molar-refractivity contribution in [3.05, 3.63) is 54.0 Å².